The van der Waals surface area contributed by atoms with E-state index in [1.165, 1.54) is 0 Å². The minimum atomic E-state index is -1.10. The minimum Gasteiger partial charge on any atom is -0.480 e. The summed E-state index contributed by atoms with van der Waals surface area (Å²) >= 11 is 0. The topological polar surface area (TPSA) is 90.7 Å². The number of hydrogen-bond acceptors (Lipinski definition) is 4. The summed E-state index contributed by atoms with van der Waals surface area (Å²) in [5, 5.41) is 18.5. The number of rotatable bonds is 2. The van der Waals surface area contributed by atoms with Crippen molar-refractivity contribution in [2.45, 2.75) is 25.5 Å². The number of pyridine rings is 1. The minimum absolute atomic E-state index is 0.0332. The molecule has 0 bridgehead atoms. The number of aliphatic hydroxyl groups is 1. The molecule has 0 unspecified atom stereocenters. The molecule has 2 atom stereocenters. The molecule has 1 fully saturated rings. The molecule has 1 amide bonds. The first-order valence-electron chi connectivity index (χ1n) is 5.64. The Balaban J connectivity index is 2.25. The second kappa shape index (κ2) is 4.73. The second-order valence-electron chi connectivity index (χ2n) is 4.37. The number of carboxylic acids is 1. The maximum Gasteiger partial charge on any atom is 0.326 e. The number of carbonyl (C=O) groups excluding carboxylic acids is 1. The quantitative estimate of drug-likeness (QED) is 0.774. The van der Waals surface area contributed by atoms with Gasteiger partial charge in [0, 0.05) is 18.7 Å². The van der Waals surface area contributed by atoms with Gasteiger partial charge in [0.25, 0.3) is 5.91 Å². The Labute approximate surface area is 104 Å². The third-order valence-corrected chi connectivity index (χ3v) is 2.93. The van der Waals surface area contributed by atoms with Gasteiger partial charge in [0.15, 0.2) is 0 Å². The number of likely N-dealkylation sites (tertiary alicyclic amines) is 1. The summed E-state index contributed by atoms with van der Waals surface area (Å²) in [7, 11) is 0. The number of amides is 1. The van der Waals surface area contributed by atoms with Gasteiger partial charge >= 0.3 is 5.97 Å². The van der Waals surface area contributed by atoms with Crippen molar-refractivity contribution in [1.29, 1.82) is 0 Å². The lowest BCUT2D eigenvalue weighted by molar-refractivity contribution is -0.141. The van der Waals surface area contributed by atoms with Crippen molar-refractivity contribution in [3.63, 3.8) is 0 Å². The van der Waals surface area contributed by atoms with E-state index in [0.717, 1.165) is 4.90 Å². The Morgan fingerprint density at radius 3 is 2.78 bits per heavy atom. The van der Waals surface area contributed by atoms with E-state index in [2.05, 4.69) is 4.98 Å². The molecule has 2 rings (SSSR count). The van der Waals surface area contributed by atoms with Crippen LogP contribution in [-0.4, -0.2) is 50.7 Å². The van der Waals surface area contributed by atoms with E-state index in [9.17, 15) is 14.7 Å². The van der Waals surface area contributed by atoms with Crippen molar-refractivity contribution in [1.82, 2.24) is 9.88 Å². The summed E-state index contributed by atoms with van der Waals surface area (Å²) in [5.74, 6) is -1.56. The third-order valence-electron chi connectivity index (χ3n) is 2.93. The fourth-order valence-corrected chi connectivity index (χ4v) is 2.08. The standard InChI is InChI=1S/C12H14N2O4/c1-7-3-2-4-9(13-7)11(16)14-6-8(15)5-10(14)12(17)18/h2-4,8,10,15H,5-6H2,1H3,(H,17,18)/t8-,10-/m0/s1. The Hall–Kier alpha value is -1.95. The maximum absolute atomic E-state index is 12.1. The van der Waals surface area contributed by atoms with Crippen molar-refractivity contribution in [2.24, 2.45) is 0 Å². The second-order valence-corrected chi connectivity index (χ2v) is 4.37. The highest BCUT2D eigenvalue weighted by Gasteiger charge is 2.39. The Bertz CT molecular complexity index is 489. The number of aryl methyl sites for hydroxylation is 1. The lowest BCUT2D eigenvalue weighted by Crippen LogP contribution is -2.41. The molecule has 96 valence electrons. The molecule has 6 nitrogen and oxygen atoms in total. The third kappa shape index (κ3) is 2.33. The number of aromatic nitrogens is 1. The van der Waals surface area contributed by atoms with E-state index < -0.39 is 24.0 Å². The maximum atomic E-state index is 12.1. The van der Waals surface area contributed by atoms with Crippen LogP contribution >= 0.6 is 0 Å². The normalized spacial score (nSPS) is 23.1. The van der Waals surface area contributed by atoms with Crippen LogP contribution in [-0.2, 0) is 4.79 Å². The van der Waals surface area contributed by atoms with Crippen molar-refractivity contribution in [2.75, 3.05) is 6.54 Å². The number of carbonyl (C=O) groups is 2. The van der Waals surface area contributed by atoms with Crippen LogP contribution in [0.3, 0.4) is 0 Å². The van der Waals surface area contributed by atoms with Crippen LogP contribution < -0.4 is 0 Å². The molecule has 18 heavy (non-hydrogen) atoms. The van der Waals surface area contributed by atoms with E-state index in [-0.39, 0.29) is 18.7 Å². The number of β-amino-alcohol motifs (C(OH)–C–C–N with tert-alkyl or cyclic N) is 1. The molecule has 0 aliphatic carbocycles. The summed E-state index contributed by atoms with van der Waals surface area (Å²) in [5.41, 5.74) is 0.892. The molecule has 1 aliphatic heterocycles. The SMILES string of the molecule is Cc1cccc(C(=O)N2C[C@@H](O)C[C@H]2C(=O)O)n1. The van der Waals surface area contributed by atoms with Gasteiger partial charge in [0.2, 0.25) is 0 Å². The number of hydrogen-bond donors (Lipinski definition) is 2. The van der Waals surface area contributed by atoms with Gasteiger partial charge in [-0.3, -0.25) is 4.79 Å². The van der Waals surface area contributed by atoms with Gasteiger partial charge in [-0.25, -0.2) is 9.78 Å². The van der Waals surface area contributed by atoms with Crippen LogP contribution in [0.2, 0.25) is 0 Å². The smallest absolute Gasteiger partial charge is 0.326 e. The lowest BCUT2D eigenvalue weighted by Gasteiger charge is -2.20. The molecular formula is C12H14N2O4. The van der Waals surface area contributed by atoms with Gasteiger partial charge in [0.05, 0.1) is 6.10 Å². The van der Waals surface area contributed by atoms with Gasteiger partial charge < -0.3 is 15.1 Å². The van der Waals surface area contributed by atoms with Gasteiger partial charge in [-0.2, -0.15) is 0 Å². The molecule has 0 saturated carbocycles. The van der Waals surface area contributed by atoms with Gasteiger partial charge in [0.1, 0.15) is 11.7 Å². The zero-order valence-corrected chi connectivity index (χ0v) is 9.91. The first kappa shape index (κ1) is 12.5. The van der Waals surface area contributed by atoms with E-state index in [1.807, 2.05) is 0 Å². The number of aliphatic carboxylic acids is 1. The molecule has 0 radical (unpaired) electrons. The monoisotopic (exact) mass is 250 g/mol. The zero-order chi connectivity index (χ0) is 13.3. The highest BCUT2D eigenvalue weighted by atomic mass is 16.4. The first-order valence-corrected chi connectivity index (χ1v) is 5.64. The number of carboxylic acid groups (broad SMARTS) is 1. The van der Waals surface area contributed by atoms with Crippen molar-refractivity contribution < 1.29 is 19.8 Å². The predicted molar refractivity (Wildman–Crippen MR) is 62.1 cm³/mol. The highest BCUT2D eigenvalue weighted by Crippen LogP contribution is 2.20. The fourth-order valence-electron chi connectivity index (χ4n) is 2.08. The molecular weight excluding hydrogens is 236 g/mol. The van der Waals surface area contributed by atoms with Gasteiger partial charge in [-0.15, -0.1) is 0 Å². The summed E-state index contributed by atoms with van der Waals surface area (Å²) < 4.78 is 0. The molecule has 0 aromatic carbocycles. The molecule has 1 aromatic rings. The van der Waals surface area contributed by atoms with Crippen molar-refractivity contribution >= 4 is 11.9 Å². The van der Waals surface area contributed by atoms with Crippen LogP contribution in [0.1, 0.15) is 22.6 Å². The van der Waals surface area contributed by atoms with E-state index in [4.69, 9.17) is 5.11 Å². The number of aliphatic hydroxyl groups excluding tert-OH is 1. The van der Waals surface area contributed by atoms with Crippen LogP contribution in [0.4, 0.5) is 0 Å². The van der Waals surface area contributed by atoms with Crippen molar-refractivity contribution in [3.05, 3.63) is 29.6 Å². The zero-order valence-electron chi connectivity index (χ0n) is 9.91. The highest BCUT2D eigenvalue weighted by molar-refractivity contribution is 5.95. The van der Waals surface area contributed by atoms with Crippen LogP contribution in [0.5, 0.6) is 0 Å². The summed E-state index contributed by atoms with van der Waals surface area (Å²) in [6.07, 6.45) is -0.729. The van der Waals surface area contributed by atoms with E-state index in [1.54, 1.807) is 25.1 Å². The summed E-state index contributed by atoms with van der Waals surface area (Å²) in [6, 6.07) is 4.01. The average Bonchev–Trinajstić information content (AvgIpc) is 2.70. The lowest BCUT2D eigenvalue weighted by atomic mass is 10.2. The van der Waals surface area contributed by atoms with Crippen LogP contribution in [0, 0.1) is 6.92 Å². The Kier molecular flexibility index (Phi) is 3.29. The Morgan fingerprint density at radius 2 is 2.17 bits per heavy atom. The average molecular weight is 250 g/mol. The molecule has 1 aliphatic rings. The first-order chi connectivity index (χ1) is 8.49. The summed E-state index contributed by atoms with van der Waals surface area (Å²) in [6.45, 7) is 1.79. The molecule has 2 N–H and O–H groups in total. The molecule has 2 heterocycles. The largest absolute Gasteiger partial charge is 0.480 e. The predicted octanol–water partition coefficient (Wildman–Crippen LogP) is 0.0500. The molecule has 0 spiro atoms. The molecule has 1 saturated heterocycles. The molecule has 6 heteroatoms. The number of nitrogens with zero attached hydrogens (tertiary/aromatic N) is 2. The van der Waals surface area contributed by atoms with E-state index >= 15 is 0 Å². The van der Waals surface area contributed by atoms with Crippen LogP contribution in [0.25, 0.3) is 0 Å². The fraction of sp³-hybridized carbons (Fsp3) is 0.417. The van der Waals surface area contributed by atoms with Gasteiger partial charge in [-0.1, -0.05) is 6.07 Å². The van der Waals surface area contributed by atoms with Gasteiger partial charge in [-0.05, 0) is 19.1 Å². The van der Waals surface area contributed by atoms with Crippen LogP contribution in [0.15, 0.2) is 18.2 Å². The Morgan fingerprint density at radius 1 is 1.44 bits per heavy atom. The summed E-state index contributed by atoms with van der Waals surface area (Å²) in [4.78, 5) is 28.4. The molecule has 1 aromatic heterocycles. The van der Waals surface area contributed by atoms with E-state index in [0.29, 0.717) is 5.69 Å². The van der Waals surface area contributed by atoms with Crippen molar-refractivity contribution in [3.8, 4) is 0 Å².